The molecule has 5 nitrogen and oxygen atoms in total. The SMILES string of the molecule is O=C(CNCC1CC1)Nc1ccc(OCc2cccnc2)c(Cl)c1. The highest BCUT2D eigenvalue weighted by molar-refractivity contribution is 6.32. The molecule has 0 spiro atoms. The van der Waals surface area contributed by atoms with Gasteiger partial charge in [-0.3, -0.25) is 9.78 Å². The zero-order valence-electron chi connectivity index (χ0n) is 13.3. The van der Waals surface area contributed by atoms with Crippen molar-refractivity contribution >= 4 is 23.2 Å². The summed E-state index contributed by atoms with van der Waals surface area (Å²) in [6.45, 7) is 1.62. The number of anilines is 1. The highest BCUT2D eigenvalue weighted by Crippen LogP contribution is 2.28. The maximum Gasteiger partial charge on any atom is 0.238 e. The fraction of sp³-hybridized carbons (Fsp3) is 0.333. The van der Waals surface area contributed by atoms with Gasteiger partial charge in [0.1, 0.15) is 12.4 Å². The van der Waals surface area contributed by atoms with E-state index in [9.17, 15) is 4.79 Å². The van der Waals surface area contributed by atoms with Crippen LogP contribution >= 0.6 is 11.6 Å². The minimum Gasteiger partial charge on any atom is -0.487 e. The van der Waals surface area contributed by atoms with E-state index in [0.29, 0.717) is 29.6 Å². The number of aromatic nitrogens is 1. The van der Waals surface area contributed by atoms with Crippen molar-refractivity contribution in [2.75, 3.05) is 18.4 Å². The number of hydrogen-bond acceptors (Lipinski definition) is 4. The molecule has 2 aromatic rings. The smallest absolute Gasteiger partial charge is 0.238 e. The van der Waals surface area contributed by atoms with E-state index in [0.717, 1.165) is 18.0 Å². The first-order valence-corrected chi connectivity index (χ1v) is 8.40. The quantitative estimate of drug-likeness (QED) is 0.771. The van der Waals surface area contributed by atoms with Crippen molar-refractivity contribution in [2.24, 2.45) is 5.92 Å². The lowest BCUT2D eigenvalue weighted by Gasteiger charge is -2.11. The van der Waals surface area contributed by atoms with Gasteiger partial charge in [-0.05, 0) is 49.6 Å². The van der Waals surface area contributed by atoms with E-state index in [1.807, 2.05) is 12.1 Å². The molecule has 24 heavy (non-hydrogen) atoms. The third kappa shape index (κ3) is 5.22. The first kappa shape index (κ1) is 16.7. The maximum atomic E-state index is 11.9. The third-order valence-corrected chi connectivity index (χ3v) is 4.04. The summed E-state index contributed by atoms with van der Waals surface area (Å²) in [5, 5.41) is 6.44. The predicted molar refractivity (Wildman–Crippen MR) is 94.2 cm³/mol. The van der Waals surface area contributed by atoms with Crippen LogP contribution in [0.3, 0.4) is 0 Å². The standard InChI is InChI=1S/C18H20ClN3O2/c19-16-8-15(22-18(23)11-21-9-13-3-4-13)5-6-17(16)24-12-14-2-1-7-20-10-14/h1-2,5-8,10,13,21H,3-4,9,11-12H2,(H,22,23). The molecule has 0 radical (unpaired) electrons. The topological polar surface area (TPSA) is 63.2 Å². The number of carbonyl (C=O) groups is 1. The van der Waals surface area contributed by atoms with Gasteiger partial charge in [-0.1, -0.05) is 17.7 Å². The van der Waals surface area contributed by atoms with Crippen molar-refractivity contribution in [1.29, 1.82) is 0 Å². The Morgan fingerprint density at radius 1 is 1.33 bits per heavy atom. The van der Waals surface area contributed by atoms with Crippen molar-refractivity contribution in [3.63, 3.8) is 0 Å². The van der Waals surface area contributed by atoms with E-state index < -0.39 is 0 Å². The average molecular weight is 346 g/mol. The molecule has 1 aliphatic rings. The van der Waals surface area contributed by atoms with Crippen LogP contribution in [0.25, 0.3) is 0 Å². The molecule has 6 heteroatoms. The Morgan fingerprint density at radius 3 is 2.92 bits per heavy atom. The van der Waals surface area contributed by atoms with Crippen molar-refractivity contribution in [2.45, 2.75) is 19.4 Å². The third-order valence-electron chi connectivity index (χ3n) is 3.75. The van der Waals surface area contributed by atoms with Crippen LogP contribution in [0.5, 0.6) is 5.75 Å². The molecule has 126 valence electrons. The summed E-state index contributed by atoms with van der Waals surface area (Å²) >= 11 is 6.23. The van der Waals surface area contributed by atoms with Crippen LogP contribution in [-0.2, 0) is 11.4 Å². The molecule has 1 saturated carbocycles. The Bertz CT molecular complexity index is 690. The zero-order valence-corrected chi connectivity index (χ0v) is 14.1. The number of carbonyl (C=O) groups excluding carboxylic acids is 1. The second-order valence-electron chi connectivity index (χ2n) is 5.92. The van der Waals surface area contributed by atoms with Crippen molar-refractivity contribution in [1.82, 2.24) is 10.3 Å². The van der Waals surface area contributed by atoms with Crippen LogP contribution in [0.15, 0.2) is 42.7 Å². The molecule has 1 aliphatic carbocycles. The highest BCUT2D eigenvalue weighted by Gasteiger charge is 2.20. The minimum atomic E-state index is -0.0734. The second-order valence-corrected chi connectivity index (χ2v) is 6.32. The molecule has 0 atom stereocenters. The summed E-state index contributed by atoms with van der Waals surface area (Å²) in [4.78, 5) is 15.9. The molecule has 0 unspecified atom stereocenters. The van der Waals surface area contributed by atoms with E-state index in [1.165, 1.54) is 12.8 Å². The van der Waals surface area contributed by atoms with Gasteiger partial charge in [0.05, 0.1) is 11.6 Å². The lowest BCUT2D eigenvalue weighted by molar-refractivity contribution is -0.115. The van der Waals surface area contributed by atoms with Crippen molar-refractivity contribution in [3.8, 4) is 5.75 Å². The van der Waals surface area contributed by atoms with E-state index >= 15 is 0 Å². The van der Waals surface area contributed by atoms with Gasteiger partial charge >= 0.3 is 0 Å². The highest BCUT2D eigenvalue weighted by atomic mass is 35.5. The van der Waals surface area contributed by atoms with Gasteiger partial charge in [0, 0.05) is 23.6 Å². The normalized spacial score (nSPS) is 13.5. The fourth-order valence-electron chi connectivity index (χ4n) is 2.26. The molecule has 0 bridgehead atoms. The lowest BCUT2D eigenvalue weighted by Crippen LogP contribution is -2.29. The summed E-state index contributed by atoms with van der Waals surface area (Å²) in [6.07, 6.45) is 6.00. The molecule has 1 heterocycles. The zero-order chi connectivity index (χ0) is 16.8. The summed E-state index contributed by atoms with van der Waals surface area (Å²) in [6, 6.07) is 9.02. The van der Waals surface area contributed by atoms with Gasteiger partial charge in [0.25, 0.3) is 0 Å². The molecule has 1 aromatic carbocycles. The number of amides is 1. The molecule has 0 aliphatic heterocycles. The van der Waals surface area contributed by atoms with E-state index in [4.69, 9.17) is 16.3 Å². The first-order valence-electron chi connectivity index (χ1n) is 8.02. The maximum absolute atomic E-state index is 11.9. The molecule has 1 aromatic heterocycles. The molecule has 1 fully saturated rings. The Balaban J connectivity index is 1.48. The summed E-state index contributed by atoms with van der Waals surface area (Å²) < 4.78 is 5.68. The van der Waals surface area contributed by atoms with Crippen LogP contribution in [0, 0.1) is 5.92 Å². The second kappa shape index (κ2) is 8.13. The van der Waals surface area contributed by atoms with E-state index in [1.54, 1.807) is 30.6 Å². The Kier molecular flexibility index (Phi) is 5.67. The van der Waals surface area contributed by atoms with Crippen LogP contribution in [0.1, 0.15) is 18.4 Å². The molecular weight excluding hydrogens is 326 g/mol. The number of nitrogens with one attached hydrogen (secondary N) is 2. The van der Waals surface area contributed by atoms with Gasteiger partial charge in [-0.15, -0.1) is 0 Å². The van der Waals surface area contributed by atoms with Crippen molar-refractivity contribution < 1.29 is 9.53 Å². The molecule has 1 amide bonds. The fourth-order valence-corrected chi connectivity index (χ4v) is 2.49. The Labute approximate surface area is 146 Å². The molecule has 3 rings (SSSR count). The number of nitrogens with zero attached hydrogens (tertiary/aromatic N) is 1. The number of hydrogen-bond donors (Lipinski definition) is 2. The summed E-state index contributed by atoms with van der Waals surface area (Å²) in [5.41, 5.74) is 1.62. The van der Waals surface area contributed by atoms with Crippen LogP contribution in [-0.4, -0.2) is 24.0 Å². The first-order chi connectivity index (χ1) is 11.7. The summed E-state index contributed by atoms with van der Waals surface area (Å²) in [5.74, 6) is 1.25. The molecule has 2 N–H and O–H groups in total. The molecular formula is C18H20ClN3O2. The lowest BCUT2D eigenvalue weighted by atomic mass is 10.3. The van der Waals surface area contributed by atoms with Gasteiger partial charge in [-0.2, -0.15) is 0 Å². The Hall–Kier alpha value is -2.11. The molecule has 0 saturated heterocycles. The number of pyridine rings is 1. The van der Waals surface area contributed by atoms with Crippen LogP contribution < -0.4 is 15.4 Å². The van der Waals surface area contributed by atoms with Gasteiger partial charge in [-0.25, -0.2) is 0 Å². The minimum absolute atomic E-state index is 0.0734. The average Bonchev–Trinajstić information content (AvgIpc) is 3.39. The van der Waals surface area contributed by atoms with Crippen LogP contribution in [0.2, 0.25) is 5.02 Å². The number of benzene rings is 1. The number of ether oxygens (including phenoxy) is 1. The van der Waals surface area contributed by atoms with Crippen LogP contribution in [0.4, 0.5) is 5.69 Å². The number of halogens is 1. The predicted octanol–water partition coefficient (Wildman–Crippen LogP) is 3.25. The van der Waals surface area contributed by atoms with E-state index in [-0.39, 0.29) is 5.91 Å². The Morgan fingerprint density at radius 2 is 2.21 bits per heavy atom. The summed E-state index contributed by atoms with van der Waals surface area (Å²) in [7, 11) is 0. The number of rotatable bonds is 8. The van der Waals surface area contributed by atoms with Gasteiger partial charge in [0.15, 0.2) is 0 Å². The van der Waals surface area contributed by atoms with Gasteiger partial charge < -0.3 is 15.4 Å². The monoisotopic (exact) mass is 345 g/mol. The van der Waals surface area contributed by atoms with Gasteiger partial charge in [0.2, 0.25) is 5.91 Å². The largest absolute Gasteiger partial charge is 0.487 e. The van der Waals surface area contributed by atoms with Crippen molar-refractivity contribution in [3.05, 3.63) is 53.3 Å². The van der Waals surface area contributed by atoms with E-state index in [2.05, 4.69) is 15.6 Å².